The maximum atomic E-state index is 8.63. The van der Waals surface area contributed by atoms with E-state index in [0.29, 0.717) is 0 Å². The second-order valence-electron chi connectivity index (χ2n) is 2.03. The van der Waals surface area contributed by atoms with Crippen molar-refractivity contribution < 1.29 is 10.1 Å². The highest BCUT2D eigenvalue weighted by atomic mass is 16.3. The molecule has 0 amide bonds. The van der Waals surface area contributed by atoms with Crippen LogP contribution in [-0.4, -0.2) is 17.6 Å². The molecule has 0 aliphatic heterocycles. The van der Waals surface area contributed by atoms with Gasteiger partial charge in [-0.1, -0.05) is 29.7 Å². The molecule has 1 aromatic carbocycles. The molecule has 0 saturated carbocycles. The van der Waals surface area contributed by atoms with E-state index in [1.807, 2.05) is 0 Å². The molecule has 1 aromatic rings. The zero-order valence-electron chi connectivity index (χ0n) is 5.49. The number of benzene rings is 1. The van der Waals surface area contributed by atoms with Gasteiger partial charge in [0.05, 0.1) is 6.61 Å². The van der Waals surface area contributed by atoms with Crippen LogP contribution in [0.15, 0.2) is 24.3 Å². The van der Waals surface area contributed by atoms with Gasteiger partial charge in [0.1, 0.15) is 0 Å². The number of hydrogen-bond acceptors (Lipinski definition) is 2. The lowest BCUT2D eigenvalue weighted by molar-refractivity contribution is 0.282. The van der Waals surface area contributed by atoms with Gasteiger partial charge in [-0.2, -0.15) is 0 Å². The van der Waals surface area contributed by atoms with Crippen LogP contribution in [0, 0.1) is 0 Å². The van der Waals surface area contributed by atoms with Crippen LogP contribution in [0.4, 0.5) is 0 Å². The molecule has 2 N–H and O–H groups in total. The van der Waals surface area contributed by atoms with Gasteiger partial charge in [-0.3, -0.25) is 0 Å². The zero-order valence-corrected chi connectivity index (χ0v) is 5.49. The molecule has 2 nitrogen and oxygen atoms in total. The molecule has 3 heteroatoms. The van der Waals surface area contributed by atoms with Crippen LogP contribution in [0.3, 0.4) is 0 Å². The highest BCUT2D eigenvalue weighted by molar-refractivity contribution is 6.45. The summed E-state index contributed by atoms with van der Waals surface area (Å²) >= 11 is 0. The van der Waals surface area contributed by atoms with Crippen molar-refractivity contribution in [2.45, 2.75) is 6.61 Å². The van der Waals surface area contributed by atoms with Gasteiger partial charge in [-0.25, -0.2) is 0 Å². The van der Waals surface area contributed by atoms with Gasteiger partial charge < -0.3 is 10.1 Å². The van der Waals surface area contributed by atoms with E-state index in [9.17, 15) is 0 Å². The average molecular weight is 135 g/mol. The molecule has 0 aliphatic carbocycles. The molecule has 0 spiro atoms. The van der Waals surface area contributed by atoms with Crippen molar-refractivity contribution in [2.24, 2.45) is 0 Å². The largest absolute Gasteiger partial charge is 0.450 e. The maximum Gasteiger partial charge on any atom is 0.326 e. The summed E-state index contributed by atoms with van der Waals surface area (Å²) in [5, 5.41) is 17.1. The fourth-order valence-corrected chi connectivity index (χ4v) is 0.709. The Hall–Kier alpha value is -0.795. The van der Waals surface area contributed by atoms with Gasteiger partial charge in [-0.05, 0) is 5.56 Å². The second kappa shape index (κ2) is 3.39. The average Bonchev–Trinajstić information content (AvgIpc) is 2.05. The Kier molecular flexibility index (Phi) is 2.48. The Bertz CT molecular complexity index is 172. The lowest BCUT2D eigenvalue weighted by atomic mass is 9.88. The summed E-state index contributed by atoms with van der Waals surface area (Å²) in [6, 6.07) is 7.02. The molecule has 1 radical (unpaired) electrons. The normalized spacial score (nSPS) is 9.40. The van der Waals surface area contributed by atoms with Crippen molar-refractivity contribution in [1.29, 1.82) is 0 Å². The van der Waals surface area contributed by atoms with E-state index in [0.717, 1.165) is 18.5 Å². The SMILES string of the molecule is O[B]c1ccc(CO)cc1. The monoisotopic (exact) mass is 135 g/mol. The first-order valence-corrected chi connectivity index (χ1v) is 3.04. The molecular weight excluding hydrogens is 127 g/mol. The van der Waals surface area contributed by atoms with E-state index >= 15 is 0 Å². The van der Waals surface area contributed by atoms with Crippen LogP contribution in [0.5, 0.6) is 0 Å². The lowest BCUT2D eigenvalue weighted by Crippen LogP contribution is -2.12. The van der Waals surface area contributed by atoms with Gasteiger partial charge in [0.25, 0.3) is 0 Å². The predicted molar refractivity (Wildman–Crippen MR) is 40.0 cm³/mol. The third-order valence-corrected chi connectivity index (χ3v) is 1.31. The van der Waals surface area contributed by atoms with Gasteiger partial charge in [0.2, 0.25) is 0 Å². The molecule has 0 heterocycles. The summed E-state index contributed by atoms with van der Waals surface area (Å²) in [5.74, 6) is 0. The summed E-state index contributed by atoms with van der Waals surface area (Å²) in [6.45, 7) is 0.0473. The molecular formula is C7H8BO2. The Labute approximate surface area is 60.4 Å². The maximum absolute atomic E-state index is 8.63. The molecule has 0 bridgehead atoms. The summed E-state index contributed by atoms with van der Waals surface area (Å²) in [7, 11) is 1.03. The highest BCUT2D eigenvalue weighted by Gasteiger charge is 1.92. The van der Waals surface area contributed by atoms with Gasteiger partial charge >= 0.3 is 7.48 Å². The van der Waals surface area contributed by atoms with Gasteiger partial charge in [0, 0.05) is 0 Å². The Morgan fingerprint density at radius 2 is 1.80 bits per heavy atom. The summed E-state index contributed by atoms with van der Waals surface area (Å²) in [4.78, 5) is 0. The van der Waals surface area contributed by atoms with Crippen molar-refractivity contribution in [3.05, 3.63) is 29.8 Å². The Morgan fingerprint density at radius 3 is 2.20 bits per heavy atom. The number of rotatable bonds is 2. The highest BCUT2D eigenvalue weighted by Crippen LogP contribution is 1.94. The molecule has 0 saturated heterocycles. The van der Waals surface area contributed by atoms with Crippen LogP contribution in [0.1, 0.15) is 5.56 Å². The van der Waals surface area contributed by atoms with Crippen molar-refractivity contribution in [3.63, 3.8) is 0 Å². The number of hydrogen-bond donors (Lipinski definition) is 2. The first-order valence-electron chi connectivity index (χ1n) is 3.04. The quantitative estimate of drug-likeness (QED) is 0.532. The molecule has 0 aromatic heterocycles. The molecule has 51 valence electrons. The summed E-state index contributed by atoms with van der Waals surface area (Å²) < 4.78 is 0. The van der Waals surface area contributed by atoms with E-state index in [4.69, 9.17) is 10.1 Å². The third-order valence-electron chi connectivity index (χ3n) is 1.31. The van der Waals surface area contributed by atoms with Crippen molar-refractivity contribution in [1.82, 2.24) is 0 Å². The number of aliphatic hydroxyl groups is 1. The first kappa shape index (κ1) is 7.31. The molecule has 10 heavy (non-hydrogen) atoms. The van der Waals surface area contributed by atoms with Crippen LogP contribution < -0.4 is 5.46 Å². The minimum Gasteiger partial charge on any atom is -0.450 e. The van der Waals surface area contributed by atoms with E-state index in [2.05, 4.69) is 0 Å². The molecule has 1 rings (SSSR count). The van der Waals surface area contributed by atoms with E-state index < -0.39 is 0 Å². The smallest absolute Gasteiger partial charge is 0.326 e. The second-order valence-corrected chi connectivity index (χ2v) is 2.03. The Morgan fingerprint density at radius 1 is 1.20 bits per heavy atom. The van der Waals surface area contributed by atoms with Crippen molar-refractivity contribution in [3.8, 4) is 0 Å². The molecule has 0 atom stereocenters. The topological polar surface area (TPSA) is 40.5 Å². The lowest BCUT2D eigenvalue weighted by Gasteiger charge is -1.95. The van der Waals surface area contributed by atoms with Crippen molar-refractivity contribution >= 4 is 12.9 Å². The van der Waals surface area contributed by atoms with Gasteiger partial charge in [-0.15, -0.1) is 0 Å². The van der Waals surface area contributed by atoms with Crippen LogP contribution in [0.2, 0.25) is 0 Å². The fraction of sp³-hybridized carbons (Fsp3) is 0.143. The summed E-state index contributed by atoms with van der Waals surface area (Å²) in [5.41, 5.74) is 1.60. The third kappa shape index (κ3) is 1.59. The van der Waals surface area contributed by atoms with Crippen molar-refractivity contribution in [2.75, 3.05) is 0 Å². The minimum atomic E-state index is 0.0473. The van der Waals surface area contributed by atoms with E-state index in [1.165, 1.54) is 0 Å². The zero-order chi connectivity index (χ0) is 7.40. The predicted octanol–water partition coefficient (Wildman–Crippen LogP) is -0.584. The fourth-order valence-electron chi connectivity index (χ4n) is 0.709. The van der Waals surface area contributed by atoms with E-state index in [1.54, 1.807) is 24.3 Å². The minimum absolute atomic E-state index is 0.0473. The van der Waals surface area contributed by atoms with E-state index in [-0.39, 0.29) is 6.61 Å². The Balaban J connectivity index is 2.80. The molecule has 0 fully saturated rings. The standard InChI is InChI=1S/C7H8BO2/c9-5-6-1-3-7(8-10)4-2-6/h1-4,9-10H,5H2. The first-order chi connectivity index (χ1) is 4.86. The molecule has 0 aliphatic rings. The van der Waals surface area contributed by atoms with Gasteiger partial charge in [0.15, 0.2) is 0 Å². The van der Waals surface area contributed by atoms with Crippen LogP contribution in [-0.2, 0) is 6.61 Å². The van der Waals surface area contributed by atoms with Crippen LogP contribution >= 0.6 is 0 Å². The molecule has 0 unspecified atom stereocenters. The number of aliphatic hydroxyl groups excluding tert-OH is 1. The summed E-state index contributed by atoms with van der Waals surface area (Å²) in [6.07, 6.45) is 0. The van der Waals surface area contributed by atoms with Crippen LogP contribution in [0.25, 0.3) is 0 Å².